The van der Waals surface area contributed by atoms with E-state index in [-0.39, 0.29) is 30.0 Å². The van der Waals surface area contributed by atoms with E-state index in [1.54, 1.807) is 30.2 Å². The maximum atomic E-state index is 15.0. The number of carbonyl (C=O) groups is 3. The van der Waals surface area contributed by atoms with Crippen LogP contribution < -0.4 is 20.1 Å². The second-order valence-electron chi connectivity index (χ2n) is 14.7. The summed E-state index contributed by atoms with van der Waals surface area (Å²) in [7, 11) is 3.51. The predicted octanol–water partition coefficient (Wildman–Crippen LogP) is 6.56. The molecule has 0 radical (unpaired) electrons. The van der Waals surface area contributed by atoms with Gasteiger partial charge in [-0.3, -0.25) is 19.3 Å². The van der Waals surface area contributed by atoms with Gasteiger partial charge in [0, 0.05) is 73.0 Å². The van der Waals surface area contributed by atoms with Crippen LogP contribution in [0.4, 0.5) is 5.69 Å². The Kier molecular flexibility index (Phi) is 11.8. The molecule has 1 saturated heterocycles. The molecule has 2 N–H and O–H groups in total. The van der Waals surface area contributed by atoms with E-state index < -0.39 is 5.91 Å². The molecule has 296 valence electrons. The van der Waals surface area contributed by atoms with Crippen molar-refractivity contribution in [2.45, 2.75) is 46.3 Å². The second-order valence-corrected chi connectivity index (χ2v) is 14.7. The summed E-state index contributed by atoms with van der Waals surface area (Å²) in [6.07, 6.45) is 0.726. The van der Waals surface area contributed by atoms with E-state index in [1.165, 1.54) is 5.56 Å². The molecule has 0 bridgehead atoms. The van der Waals surface area contributed by atoms with Gasteiger partial charge in [0.1, 0.15) is 11.5 Å². The van der Waals surface area contributed by atoms with Gasteiger partial charge in [0.15, 0.2) is 0 Å². The number of fused-ring (bicyclic) bond motifs is 1. The van der Waals surface area contributed by atoms with E-state index in [9.17, 15) is 14.4 Å². The number of amides is 3. The summed E-state index contributed by atoms with van der Waals surface area (Å²) >= 11 is 0. The number of rotatable bonds is 12. The summed E-state index contributed by atoms with van der Waals surface area (Å²) in [5.41, 5.74) is 13.8. The Labute approximate surface area is 334 Å². The number of hydrogen-bond acceptors (Lipinski definition) is 7. The first kappa shape index (κ1) is 39.3. The van der Waals surface area contributed by atoms with Gasteiger partial charge in [0.25, 0.3) is 11.8 Å². The van der Waals surface area contributed by atoms with Crippen LogP contribution in [0.15, 0.2) is 91.0 Å². The van der Waals surface area contributed by atoms with E-state index in [4.69, 9.17) is 19.9 Å². The minimum Gasteiger partial charge on any atom is -0.496 e. The van der Waals surface area contributed by atoms with Crippen molar-refractivity contribution in [3.05, 3.63) is 136 Å². The molecule has 0 spiro atoms. The summed E-state index contributed by atoms with van der Waals surface area (Å²) in [5, 5.41) is 0. The highest BCUT2D eigenvalue weighted by Gasteiger charge is 2.34. The van der Waals surface area contributed by atoms with Crippen molar-refractivity contribution in [3.63, 3.8) is 0 Å². The maximum Gasteiger partial charge on any atom is 0.260 e. The van der Waals surface area contributed by atoms with Crippen molar-refractivity contribution in [2.24, 2.45) is 12.8 Å². The topological polar surface area (TPSA) is 120 Å². The van der Waals surface area contributed by atoms with Crippen LogP contribution in [0.2, 0.25) is 0 Å². The summed E-state index contributed by atoms with van der Waals surface area (Å²) in [6, 6.07) is 28.3. The quantitative estimate of drug-likeness (QED) is 0.153. The first-order valence-corrected chi connectivity index (χ1v) is 19.5. The highest BCUT2D eigenvalue weighted by Crippen LogP contribution is 2.35. The van der Waals surface area contributed by atoms with E-state index in [1.807, 2.05) is 97.9 Å². The third-order valence-electron chi connectivity index (χ3n) is 11.4. The molecule has 3 heterocycles. The summed E-state index contributed by atoms with van der Waals surface area (Å²) in [6.45, 7) is 10.7. The van der Waals surface area contributed by atoms with Crippen LogP contribution in [0.1, 0.15) is 65.9 Å². The third kappa shape index (κ3) is 8.17. The number of morpholine rings is 1. The van der Waals surface area contributed by atoms with Crippen molar-refractivity contribution in [1.82, 2.24) is 14.4 Å². The average Bonchev–Trinajstić information content (AvgIpc) is 3.53. The lowest BCUT2D eigenvalue weighted by atomic mass is 9.91. The molecular formula is C46H51N5O6. The molecule has 1 aromatic heterocycles. The SMILES string of the molecule is CCOc1ccc(N(Cc2cccc(OC)c2C)C(=O)c2cc(-c3cc(C(N)=O)ccc3C(=O)N3Cc4ccccc4C[C@H]3CN3CCOCC3)n(C)c2C)cc1. The molecule has 11 nitrogen and oxygen atoms in total. The van der Waals surface area contributed by atoms with E-state index in [0.29, 0.717) is 72.4 Å². The van der Waals surface area contributed by atoms with E-state index in [0.717, 1.165) is 42.0 Å². The molecule has 1 fully saturated rings. The first-order valence-electron chi connectivity index (χ1n) is 19.5. The number of benzene rings is 4. The van der Waals surface area contributed by atoms with Crippen molar-refractivity contribution in [1.29, 1.82) is 0 Å². The van der Waals surface area contributed by atoms with Gasteiger partial charge < -0.3 is 34.3 Å². The lowest BCUT2D eigenvalue weighted by molar-refractivity contribution is 0.0193. The zero-order valence-electron chi connectivity index (χ0n) is 33.4. The number of methoxy groups -OCH3 is 1. The van der Waals surface area contributed by atoms with Gasteiger partial charge in [-0.1, -0.05) is 36.4 Å². The second kappa shape index (κ2) is 17.1. The Balaban J connectivity index is 1.29. The number of hydrogen-bond donors (Lipinski definition) is 1. The summed E-state index contributed by atoms with van der Waals surface area (Å²) < 4.78 is 18.9. The van der Waals surface area contributed by atoms with Crippen molar-refractivity contribution in [3.8, 4) is 22.8 Å². The first-order chi connectivity index (χ1) is 27.6. The van der Waals surface area contributed by atoms with Crippen LogP contribution >= 0.6 is 0 Å². The average molecular weight is 770 g/mol. The van der Waals surface area contributed by atoms with E-state index >= 15 is 0 Å². The Bertz CT molecular complexity index is 2280. The molecule has 0 aliphatic carbocycles. The van der Waals surface area contributed by atoms with E-state index in [2.05, 4.69) is 17.0 Å². The van der Waals surface area contributed by atoms with Gasteiger partial charge in [0.05, 0.1) is 39.0 Å². The van der Waals surface area contributed by atoms with Gasteiger partial charge in [-0.25, -0.2) is 0 Å². The summed E-state index contributed by atoms with van der Waals surface area (Å²) in [5.74, 6) is 0.466. The smallest absolute Gasteiger partial charge is 0.260 e. The molecule has 5 aromatic rings. The Morgan fingerprint density at radius 2 is 1.63 bits per heavy atom. The fraction of sp³-hybridized carbons (Fsp3) is 0.326. The Morgan fingerprint density at radius 3 is 2.33 bits per heavy atom. The van der Waals surface area contributed by atoms with Gasteiger partial charge in [-0.2, -0.15) is 0 Å². The number of nitrogens with zero attached hydrogens (tertiary/aromatic N) is 4. The molecule has 1 atom stereocenters. The largest absolute Gasteiger partial charge is 0.496 e. The van der Waals surface area contributed by atoms with Gasteiger partial charge in [-0.05, 0) is 104 Å². The molecule has 0 saturated carbocycles. The summed E-state index contributed by atoms with van der Waals surface area (Å²) in [4.78, 5) is 48.6. The molecule has 11 heteroatoms. The number of aromatic nitrogens is 1. The number of carbonyl (C=O) groups excluding carboxylic acids is 3. The molecule has 2 aliphatic heterocycles. The van der Waals surface area contributed by atoms with Crippen molar-refractivity contribution in [2.75, 3.05) is 51.5 Å². The number of ether oxygens (including phenoxy) is 3. The zero-order chi connectivity index (χ0) is 40.2. The molecule has 4 aromatic carbocycles. The van der Waals surface area contributed by atoms with Crippen LogP contribution in [-0.4, -0.2) is 84.7 Å². The number of anilines is 1. The fourth-order valence-electron chi connectivity index (χ4n) is 8.03. The third-order valence-corrected chi connectivity index (χ3v) is 11.4. The number of primary amides is 1. The Morgan fingerprint density at radius 1 is 0.895 bits per heavy atom. The van der Waals surface area contributed by atoms with Gasteiger partial charge in [0.2, 0.25) is 5.91 Å². The Hall–Kier alpha value is -5.91. The maximum absolute atomic E-state index is 15.0. The van der Waals surface area contributed by atoms with Crippen molar-refractivity contribution >= 4 is 23.4 Å². The highest BCUT2D eigenvalue weighted by molar-refractivity contribution is 6.09. The minimum absolute atomic E-state index is 0.0794. The molecule has 0 unspecified atom stereocenters. The lowest BCUT2D eigenvalue weighted by Gasteiger charge is -2.40. The zero-order valence-corrected chi connectivity index (χ0v) is 33.4. The van der Waals surface area contributed by atoms with Gasteiger partial charge in [-0.15, -0.1) is 0 Å². The number of nitrogens with two attached hydrogens (primary N) is 1. The normalized spacial score (nSPS) is 15.5. The van der Waals surface area contributed by atoms with Crippen LogP contribution in [0.25, 0.3) is 11.3 Å². The van der Waals surface area contributed by atoms with Gasteiger partial charge >= 0.3 is 0 Å². The van der Waals surface area contributed by atoms with Crippen LogP contribution in [-0.2, 0) is 31.3 Å². The molecule has 7 rings (SSSR count). The fourth-order valence-corrected chi connectivity index (χ4v) is 8.03. The van der Waals surface area contributed by atoms with Crippen LogP contribution in [0, 0.1) is 13.8 Å². The monoisotopic (exact) mass is 769 g/mol. The standard InChI is InChI=1S/C46H51N5O6/c1-6-57-38-17-15-36(16-18-38)50(27-34-12-9-13-43(55-5)30(34)2)46(54)40-26-42(48(4)31(40)3)41-25-33(44(47)52)14-19-39(41)45(53)51-28-35-11-8-7-10-32(35)24-37(51)29-49-20-22-56-23-21-49/h7-19,25-26,37H,6,20-24,27-29H2,1-5H3,(H2,47,52)/t37-/m0/s1. The molecule has 3 amide bonds. The lowest BCUT2D eigenvalue weighted by Crippen LogP contribution is -2.52. The predicted molar refractivity (Wildman–Crippen MR) is 221 cm³/mol. The highest BCUT2D eigenvalue weighted by atomic mass is 16.5. The van der Waals surface area contributed by atoms with Crippen LogP contribution in [0.3, 0.4) is 0 Å². The molecule has 57 heavy (non-hydrogen) atoms. The van der Waals surface area contributed by atoms with Crippen LogP contribution in [0.5, 0.6) is 11.5 Å². The molecular weight excluding hydrogens is 719 g/mol. The molecule has 2 aliphatic rings. The minimum atomic E-state index is -0.607. The van der Waals surface area contributed by atoms with Crippen molar-refractivity contribution < 1.29 is 28.6 Å².